The standard InChI is InChI=1S/C25H28N2O/c1-17-11-13-20(14-12-17)16-27-23-10-5-4-9-22(23)19(3)24(27)25(28)26-21-8-6-7-18(2)15-21/h6-8,11-15H,4-5,9-10,16H2,1-3H3,(H,26,28). The molecule has 1 N–H and O–H groups in total. The predicted molar refractivity (Wildman–Crippen MR) is 115 cm³/mol. The minimum atomic E-state index is -0.00962. The highest BCUT2D eigenvalue weighted by Gasteiger charge is 2.26. The number of amides is 1. The van der Waals surface area contributed by atoms with Crippen molar-refractivity contribution >= 4 is 11.6 Å². The van der Waals surface area contributed by atoms with Crippen LogP contribution in [0.2, 0.25) is 0 Å². The third-order valence-electron chi connectivity index (χ3n) is 5.79. The van der Waals surface area contributed by atoms with Crippen LogP contribution in [0.15, 0.2) is 48.5 Å². The molecule has 0 saturated carbocycles. The molecule has 0 aliphatic heterocycles. The molecule has 0 bridgehead atoms. The summed E-state index contributed by atoms with van der Waals surface area (Å²) < 4.78 is 2.26. The van der Waals surface area contributed by atoms with Crippen molar-refractivity contribution in [2.75, 3.05) is 5.32 Å². The van der Waals surface area contributed by atoms with Crippen LogP contribution >= 0.6 is 0 Å². The second-order valence-electron chi connectivity index (χ2n) is 8.00. The molecular weight excluding hydrogens is 344 g/mol. The number of benzene rings is 2. The minimum Gasteiger partial charge on any atom is -0.336 e. The Kier molecular flexibility index (Phi) is 5.08. The van der Waals surface area contributed by atoms with E-state index in [1.165, 1.54) is 35.2 Å². The zero-order valence-electron chi connectivity index (χ0n) is 17.0. The molecule has 3 nitrogen and oxygen atoms in total. The SMILES string of the molecule is Cc1ccc(Cn2c3c(c(C)c2C(=O)Nc2cccc(C)c2)CCCC3)cc1. The fraction of sp³-hybridized carbons (Fsp3) is 0.320. The Morgan fingerprint density at radius 3 is 2.46 bits per heavy atom. The summed E-state index contributed by atoms with van der Waals surface area (Å²) in [4.78, 5) is 13.3. The lowest BCUT2D eigenvalue weighted by atomic mass is 9.95. The third kappa shape index (κ3) is 3.62. The average Bonchev–Trinajstić information content (AvgIpc) is 2.96. The van der Waals surface area contributed by atoms with E-state index in [2.05, 4.69) is 48.0 Å². The molecule has 28 heavy (non-hydrogen) atoms. The van der Waals surface area contributed by atoms with E-state index in [0.717, 1.165) is 41.9 Å². The molecule has 1 heterocycles. The van der Waals surface area contributed by atoms with E-state index in [9.17, 15) is 4.79 Å². The Hall–Kier alpha value is -2.81. The third-order valence-corrected chi connectivity index (χ3v) is 5.79. The molecule has 3 heteroatoms. The van der Waals surface area contributed by atoms with Gasteiger partial charge in [0, 0.05) is 17.9 Å². The van der Waals surface area contributed by atoms with Crippen molar-refractivity contribution in [1.82, 2.24) is 4.57 Å². The second kappa shape index (κ2) is 7.67. The van der Waals surface area contributed by atoms with E-state index >= 15 is 0 Å². The number of fused-ring (bicyclic) bond motifs is 1. The summed E-state index contributed by atoms with van der Waals surface area (Å²) in [5.41, 5.74) is 9.17. The maximum Gasteiger partial charge on any atom is 0.272 e. The minimum absolute atomic E-state index is 0.00962. The summed E-state index contributed by atoms with van der Waals surface area (Å²) in [6.45, 7) is 7.00. The molecule has 0 saturated heterocycles. The lowest BCUT2D eigenvalue weighted by Gasteiger charge is -2.17. The van der Waals surface area contributed by atoms with Crippen LogP contribution in [-0.4, -0.2) is 10.5 Å². The summed E-state index contributed by atoms with van der Waals surface area (Å²) in [6, 6.07) is 16.6. The summed E-state index contributed by atoms with van der Waals surface area (Å²) in [5.74, 6) is -0.00962. The van der Waals surface area contributed by atoms with Crippen molar-refractivity contribution in [3.05, 3.63) is 87.7 Å². The Morgan fingerprint density at radius 2 is 1.71 bits per heavy atom. The van der Waals surface area contributed by atoms with E-state index in [1.54, 1.807) is 0 Å². The van der Waals surface area contributed by atoms with Crippen molar-refractivity contribution in [1.29, 1.82) is 0 Å². The molecule has 0 fully saturated rings. The molecule has 3 aromatic rings. The van der Waals surface area contributed by atoms with Gasteiger partial charge in [-0.15, -0.1) is 0 Å². The van der Waals surface area contributed by atoms with Crippen LogP contribution in [0.3, 0.4) is 0 Å². The topological polar surface area (TPSA) is 34.0 Å². The number of hydrogen-bond acceptors (Lipinski definition) is 1. The summed E-state index contributed by atoms with van der Waals surface area (Å²) in [5, 5.41) is 3.12. The fourth-order valence-corrected chi connectivity index (χ4v) is 4.33. The van der Waals surface area contributed by atoms with Crippen molar-refractivity contribution in [3.8, 4) is 0 Å². The van der Waals surface area contributed by atoms with Gasteiger partial charge in [-0.05, 0) is 80.8 Å². The Bertz CT molecular complexity index is 1010. The van der Waals surface area contributed by atoms with Crippen LogP contribution in [0.4, 0.5) is 5.69 Å². The maximum atomic E-state index is 13.3. The number of aryl methyl sites for hydroxylation is 2. The molecule has 2 aromatic carbocycles. The van der Waals surface area contributed by atoms with E-state index in [1.807, 2.05) is 31.2 Å². The number of anilines is 1. The molecule has 0 radical (unpaired) electrons. The summed E-state index contributed by atoms with van der Waals surface area (Å²) >= 11 is 0. The smallest absolute Gasteiger partial charge is 0.272 e. The number of nitrogens with zero attached hydrogens (tertiary/aromatic N) is 1. The predicted octanol–water partition coefficient (Wildman–Crippen LogP) is 5.59. The van der Waals surface area contributed by atoms with Gasteiger partial charge in [-0.25, -0.2) is 0 Å². The van der Waals surface area contributed by atoms with Gasteiger partial charge in [0.2, 0.25) is 0 Å². The molecule has 1 amide bonds. The van der Waals surface area contributed by atoms with Crippen molar-refractivity contribution in [2.24, 2.45) is 0 Å². The van der Waals surface area contributed by atoms with E-state index in [4.69, 9.17) is 0 Å². The summed E-state index contributed by atoms with van der Waals surface area (Å²) in [6.07, 6.45) is 4.54. The van der Waals surface area contributed by atoms with E-state index in [0.29, 0.717) is 0 Å². The van der Waals surface area contributed by atoms with Gasteiger partial charge in [-0.2, -0.15) is 0 Å². The first-order valence-corrected chi connectivity index (χ1v) is 10.2. The van der Waals surface area contributed by atoms with Crippen LogP contribution in [0, 0.1) is 20.8 Å². The van der Waals surface area contributed by atoms with Crippen LogP contribution in [0.5, 0.6) is 0 Å². The van der Waals surface area contributed by atoms with Gasteiger partial charge in [-0.3, -0.25) is 4.79 Å². The van der Waals surface area contributed by atoms with Gasteiger partial charge in [-0.1, -0.05) is 42.0 Å². The lowest BCUT2D eigenvalue weighted by molar-refractivity contribution is 0.101. The highest BCUT2D eigenvalue weighted by atomic mass is 16.2. The highest BCUT2D eigenvalue weighted by molar-refractivity contribution is 6.04. The first-order valence-electron chi connectivity index (χ1n) is 10.2. The number of hydrogen-bond donors (Lipinski definition) is 1. The van der Waals surface area contributed by atoms with Gasteiger partial charge < -0.3 is 9.88 Å². The Morgan fingerprint density at radius 1 is 0.964 bits per heavy atom. The van der Waals surface area contributed by atoms with Crippen LogP contribution in [0.25, 0.3) is 0 Å². The number of aromatic nitrogens is 1. The van der Waals surface area contributed by atoms with Crippen molar-refractivity contribution in [3.63, 3.8) is 0 Å². The number of carbonyl (C=O) groups is 1. The molecule has 4 rings (SSSR count). The largest absolute Gasteiger partial charge is 0.336 e. The number of nitrogens with one attached hydrogen (secondary N) is 1. The molecule has 1 aliphatic rings. The van der Waals surface area contributed by atoms with Gasteiger partial charge in [0.1, 0.15) is 5.69 Å². The van der Waals surface area contributed by atoms with Crippen molar-refractivity contribution in [2.45, 2.75) is 53.0 Å². The normalized spacial score (nSPS) is 13.2. The first kappa shape index (κ1) is 18.5. The van der Waals surface area contributed by atoms with Crippen LogP contribution in [0.1, 0.15) is 56.8 Å². The Labute approximate surface area is 167 Å². The lowest BCUT2D eigenvalue weighted by Crippen LogP contribution is -2.20. The quantitative estimate of drug-likeness (QED) is 0.636. The molecule has 0 atom stereocenters. The second-order valence-corrected chi connectivity index (χ2v) is 8.00. The first-order chi connectivity index (χ1) is 13.5. The van der Waals surface area contributed by atoms with Gasteiger partial charge in [0.05, 0.1) is 0 Å². The molecular formula is C25H28N2O. The van der Waals surface area contributed by atoms with Gasteiger partial charge in [0.15, 0.2) is 0 Å². The number of carbonyl (C=O) groups excluding carboxylic acids is 1. The molecule has 0 unspecified atom stereocenters. The zero-order chi connectivity index (χ0) is 19.7. The molecule has 1 aromatic heterocycles. The maximum absolute atomic E-state index is 13.3. The molecule has 144 valence electrons. The fourth-order valence-electron chi connectivity index (χ4n) is 4.33. The van der Waals surface area contributed by atoms with Crippen LogP contribution in [-0.2, 0) is 19.4 Å². The zero-order valence-corrected chi connectivity index (χ0v) is 17.0. The molecule has 1 aliphatic carbocycles. The van der Waals surface area contributed by atoms with Crippen molar-refractivity contribution < 1.29 is 4.79 Å². The van der Waals surface area contributed by atoms with E-state index < -0.39 is 0 Å². The number of rotatable bonds is 4. The molecule has 0 spiro atoms. The van der Waals surface area contributed by atoms with E-state index in [-0.39, 0.29) is 5.91 Å². The van der Waals surface area contributed by atoms with Gasteiger partial charge in [0.25, 0.3) is 5.91 Å². The van der Waals surface area contributed by atoms with Gasteiger partial charge >= 0.3 is 0 Å². The Balaban J connectivity index is 1.73. The monoisotopic (exact) mass is 372 g/mol. The van der Waals surface area contributed by atoms with Crippen LogP contribution < -0.4 is 5.32 Å². The summed E-state index contributed by atoms with van der Waals surface area (Å²) in [7, 11) is 0. The average molecular weight is 373 g/mol. The highest BCUT2D eigenvalue weighted by Crippen LogP contribution is 2.31.